The van der Waals surface area contributed by atoms with Gasteiger partial charge in [-0.15, -0.1) is 0 Å². The summed E-state index contributed by atoms with van der Waals surface area (Å²) in [7, 11) is -2.25. The van der Waals surface area contributed by atoms with Crippen LogP contribution >= 0.6 is 0 Å². The Morgan fingerprint density at radius 2 is 1.77 bits per heavy atom. The van der Waals surface area contributed by atoms with E-state index < -0.39 is 15.9 Å². The molecule has 0 aliphatic heterocycles. The number of hydrogen-bond acceptors (Lipinski definition) is 6. The number of sulfonamides is 1. The van der Waals surface area contributed by atoms with Crippen LogP contribution in [-0.2, 0) is 28.3 Å². The molecule has 9 nitrogen and oxygen atoms in total. The quantitative estimate of drug-likeness (QED) is 0.537. The van der Waals surface area contributed by atoms with Gasteiger partial charge in [0.2, 0.25) is 15.9 Å². The third-order valence-electron chi connectivity index (χ3n) is 4.95. The Bertz CT molecular complexity index is 1300. The standard InChI is InChI=1S/C21H24N4O5S/c1-4-25(5-2)31(29,30)14-10-11-19(26)18(12-14)22-20(27)13-17-15-8-6-7-9-16(15)21(28)24(3)23-17/h6-12,26H,4-5,13H2,1-3H3,(H,22,27). The van der Waals surface area contributed by atoms with Gasteiger partial charge >= 0.3 is 0 Å². The SMILES string of the molecule is CCN(CC)S(=O)(=O)c1ccc(O)c(NC(=O)Cc2nn(C)c(=O)c3ccccc23)c1. The normalized spacial score (nSPS) is 11.7. The Kier molecular flexibility index (Phi) is 6.42. The zero-order valence-electron chi connectivity index (χ0n) is 17.5. The number of phenolic OH excluding ortho intramolecular Hbond substituents is 1. The topological polar surface area (TPSA) is 122 Å². The van der Waals surface area contributed by atoms with E-state index >= 15 is 0 Å². The predicted octanol–water partition coefficient (Wildman–Crippen LogP) is 1.85. The molecule has 10 heteroatoms. The van der Waals surface area contributed by atoms with Crippen LogP contribution in [0, 0.1) is 0 Å². The van der Waals surface area contributed by atoms with Crippen LogP contribution in [0.5, 0.6) is 5.75 Å². The fourth-order valence-electron chi connectivity index (χ4n) is 3.34. The van der Waals surface area contributed by atoms with E-state index in [1.165, 1.54) is 34.2 Å². The fourth-order valence-corrected chi connectivity index (χ4v) is 4.83. The number of carbonyl (C=O) groups is 1. The van der Waals surface area contributed by atoms with Gasteiger partial charge in [-0.25, -0.2) is 13.1 Å². The number of nitrogens with zero attached hydrogens (tertiary/aromatic N) is 3. The van der Waals surface area contributed by atoms with Crippen LogP contribution in [0.4, 0.5) is 5.69 Å². The number of benzene rings is 2. The summed E-state index contributed by atoms with van der Waals surface area (Å²) in [5, 5.41) is 17.9. The van der Waals surface area contributed by atoms with Crippen molar-refractivity contribution in [2.24, 2.45) is 7.05 Å². The first-order chi connectivity index (χ1) is 14.7. The molecule has 0 aliphatic carbocycles. The van der Waals surface area contributed by atoms with Gasteiger partial charge in [0, 0.05) is 25.5 Å². The zero-order valence-corrected chi connectivity index (χ0v) is 18.3. The van der Waals surface area contributed by atoms with E-state index in [0.29, 0.717) is 29.6 Å². The highest BCUT2D eigenvalue weighted by Gasteiger charge is 2.23. The highest BCUT2D eigenvalue weighted by atomic mass is 32.2. The van der Waals surface area contributed by atoms with Crippen LogP contribution in [0.1, 0.15) is 19.5 Å². The molecule has 31 heavy (non-hydrogen) atoms. The first kappa shape index (κ1) is 22.4. The minimum absolute atomic E-state index is 0.0210. The molecule has 0 bridgehead atoms. The molecule has 2 aromatic carbocycles. The average Bonchev–Trinajstić information content (AvgIpc) is 2.74. The van der Waals surface area contributed by atoms with Gasteiger partial charge in [-0.3, -0.25) is 9.59 Å². The van der Waals surface area contributed by atoms with E-state index in [-0.39, 0.29) is 28.3 Å². The van der Waals surface area contributed by atoms with Gasteiger partial charge < -0.3 is 10.4 Å². The number of amides is 1. The molecule has 0 fully saturated rings. The van der Waals surface area contributed by atoms with Crippen LogP contribution in [-0.4, -0.2) is 46.6 Å². The van der Waals surface area contributed by atoms with Crippen LogP contribution in [0.2, 0.25) is 0 Å². The number of anilines is 1. The van der Waals surface area contributed by atoms with Gasteiger partial charge in [-0.2, -0.15) is 9.40 Å². The van der Waals surface area contributed by atoms with Crippen molar-refractivity contribution in [3.05, 3.63) is 58.5 Å². The van der Waals surface area contributed by atoms with Crippen molar-refractivity contribution in [3.63, 3.8) is 0 Å². The minimum atomic E-state index is -3.75. The number of hydrogen-bond donors (Lipinski definition) is 2. The van der Waals surface area contributed by atoms with E-state index in [9.17, 15) is 23.1 Å². The Morgan fingerprint density at radius 3 is 2.42 bits per heavy atom. The smallest absolute Gasteiger partial charge is 0.274 e. The number of phenols is 1. The lowest BCUT2D eigenvalue weighted by atomic mass is 10.1. The minimum Gasteiger partial charge on any atom is -0.506 e. The molecule has 0 saturated heterocycles. The molecule has 2 N–H and O–H groups in total. The van der Waals surface area contributed by atoms with E-state index in [4.69, 9.17) is 0 Å². The summed E-state index contributed by atoms with van der Waals surface area (Å²) in [6, 6.07) is 10.6. The summed E-state index contributed by atoms with van der Waals surface area (Å²) in [6.07, 6.45) is -0.166. The molecule has 1 aromatic heterocycles. The maximum atomic E-state index is 12.7. The van der Waals surface area contributed by atoms with Crippen LogP contribution in [0.25, 0.3) is 10.8 Å². The molecule has 0 unspecified atom stereocenters. The van der Waals surface area contributed by atoms with Crippen LogP contribution in [0.15, 0.2) is 52.2 Å². The summed E-state index contributed by atoms with van der Waals surface area (Å²) < 4.78 is 27.9. The maximum Gasteiger partial charge on any atom is 0.274 e. The second-order valence-electron chi connectivity index (χ2n) is 6.91. The van der Waals surface area contributed by atoms with Crippen molar-refractivity contribution in [3.8, 4) is 5.75 Å². The van der Waals surface area contributed by atoms with Crippen molar-refractivity contribution < 1.29 is 18.3 Å². The lowest BCUT2D eigenvalue weighted by molar-refractivity contribution is -0.115. The molecule has 164 valence electrons. The zero-order chi connectivity index (χ0) is 22.8. The molecule has 0 saturated carbocycles. The number of aryl methyl sites for hydroxylation is 1. The Morgan fingerprint density at radius 1 is 1.13 bits per heavy atom. The number of aromatic nitrogens is 2. The second-order valence-corrected chi connectivity index (χ2v) is 8.85. The molecule has 1 amide bonds. The van der Waals surface area contributed by atoms with Gasteiger partial charge in [0.1, 0.15) is 5.75 Å². The van der Waals surface area contributed by atoms with E-state index in [1.807, 2.05) is 0 Å². The van der Waals surface area contributed by atoms with E-state index in [1.54, 1.807) is 38.1 Å². The molecule has 0 atom stereocenters. The molecule has 0 spiro atoms. The summed E-state index contributed by atoms with van der Waals surface area (Å²) in [5.41, 5.74) is 0.0978. The Labute approximate surface area is 180 Å². The van der Waals surface area contributed by atoms with Crippen LogP contribution < -0.4 is 10.9 Å². The number of fused-ring (bicyclic) bond motifs is 1. The average molecular weight is 445 g/mol. The highest BCUT2D eigenvalue weighted by molar-refractivity contribution is 7.89. The second kappa shape index (κ2) is 8.86. The first-order valence-corrected chi connectivity index (χ1v) is 11.2. The summed E-state index contributed by atoms with van der Waals surface area (Å²) in [5.74, 6) is -0.769. The van der Waals surface area contributed by atoms with E-state index in [2.05, 4.69) is 10.4 Å². The van der Waals surface area contributed by atoms with Crippen molar-refractivity contribution in [1.29, 1.82) is 0 Å². The van der Waals surface area contributed by atoms with Crippen molar-refractivity contribution >= 4 is 32.4 Å². The molecule has 3 rings (SSSR count). The van der Waals surface area contributed by atoms with Gasteiger partial charge in [-0.05, 0) is 24.3 Å². The number of rotatable bonds is 7. The van der Waals surface area contributed by atoms with Gasteiger partial charge in [0.25, 0.3) is 5.56 Å². The Hall–Kier alpha value is -3.24. The van der Waals surface area contributed by atoms with Crippen molar-refractivity contribution in [2.75, 3.05) is 18.4 Å². The number of aromatic hydroxyl groups is 1. The summed E-state index contributed by atoms with van der Waals surface area (Å²) >= 11 is 0. The van der Waals surface area contributed by atoms with Crippen molar-refractivity contribution in [2.45, 2.75) is 25.2 Å². The molecular weight excluding hydrogens is 420 g/mol. The molecule has 3 aromatic rings. The third-order valence-corrected chi connectivity index (χ3v) is 6.99. The molecular formula is C21H24N4O5S. The number of nitrogens with one attached hydrogen (secondary N) is 1. The lowest BCUT2D eigenvalue weighted by Gasteiger charge is -2.19. The monoisotopic (exact) mass is 444 g/mol. The Balaban J connectivity index is 1.91. The van der Waals surface area contributed by atoms with Gasteiger partial charge in [-0.1, -0.05) is 32.0 Å². The van der Waals surface area contributed by atoms with Crippen LogP contribution in [0.3, 0.4) is 0 Å². The predicted molar refractivity (Wildman–Crippen MR) is 118 cm³/mol. The number of carbonyl (C=O) groups excluding carboxylic acids is 1. The largest absolute Gasteiger partial charge is 0.506 e. The molecule has 1 heterocycles. The summed E-state index contributed by atoms with van der Waals surface area (Å²) in [4.78, 5) is 24.9. The third kappa shape index (κ3) is 4.44. The lowest BCUT2D eigenvalue weighted by Crippen LogP contribution is -2.30. The maximum absolute atomic E-state index is 12.7. The molecule has 0 aliphatic rings. The molecule has 0 radical (unpaired) electrons. The fraction of sp³-hybridized carbons (Fsp3) is 0.286. The van der Waals surface area contributed by atoms with Gasteiger partial charge in [0.15, 0.2) is 0 Å². The van der Waals surface area contributed by atoms with Gasteiger partial charge in [0.05, 0.1) is 28.1 Å². The first-order valence-electron chi connectivity index (χ1n) is 9.77. The summed E-state index contributed by atoms with van der Waals surface area (Å²) in [6.45, 7) is 4.06. The highest BCUT2D eigenvalue weighted by Crippen LogP contribution is 2.28. The van der Waals surface area contributed by atoms with Crippen molar-refractivity contribution in [1.82, 2.24) is 14.1 Å². The van der Waals surface area contributed by atoms with E-state index in [0.717, 1.165) is 0 Å².